The molecule has 0 spiro atoms. The van der Waals surface area contributed by atoms with Crippen LogP contribution in [0.25, 0.3) is 121 Å². The molecule has 2 aromatic heterocycles. The van der Waals surface area contributed by atoms with E-state index >= 15 is 0 Å². The van der Waals surface area contributed by atoms with Crippen LogP contribution in [-0.4, -0.2) is 15.0 Å². The molecule has 0 aliphatic heterocycles. The van der Waals surface area contributed by atoms with E-state index in [0.29, 0.717) is 5.82 Å². The molecule has 0 aliphatic carbocycles. The maximum atomic E-state index is 5.36. The van der Waals surface area contributed by atoms with Gasteiger partial charge in [0.25, 0.3) is 0 Å². The Morgan fingerprint density at radius 2 is 0.758 bits per heavy atom. The van der Waals surface area contributed by atoms with E-state index < -0.39 is 0 Å². The van der Waals surface area contributed by atoms with Gasteiger partial charge in [-0.3, -0.25) is 0 Å². The minimum atomic E-state index is 0.709. The van der Waals surface area contributed by atoms with Crippen LogP contribution in [0.4, 0.5) is 0 Å². The molecule has 0 amide bonds. The molecule has 62 heavy (non-hydrogen) atoms. The molecule has 0 radical (unpaired) electrons. The van der Waals surface area contributed by atoms with Gasteiger partial charge in [0.2, 0.25) is 0 Å². The highest BCUT2D eigenvalue weighted by molar-refractivity contribution is 6.25. The lowest BCUT2D eigenvalue weighted by atomic mass is 9.89. The predicted molar refractivity (Wildman–Crippen MR) is 260 cm³/mol. The largest absolute Gasteiger partial charge is 0.247 e. The van der Waals surface area contributed by atoms with E-state index in [2.05, 4.69) is 212 Å². The summed E-state index contributed by atoms with van der Waals surface area (Å²) in [5.41, 5.74) is 13.9. The lowest BCUT2D eigenvalue weighted by molar-refractivity contribution is 1.23. The van der Waals surface area contributed by atoms with Crippen LogP contribution in [0.1, 0.15) is 0 Å². The van der Waals surface area contributed by atoms with Crippen LogP contribution in [0, 0.1) is 0 Å². The Morgan fingerprint density at radius 3 is 1.55 bits per heavy atom. The van der Waals surface area contributed by atoms with Crippen molar-refractivity contribution in [1.82, 2.24) is 15.0 Å². The monoisotopic (exact) mass is 787 g/mol. The predicted octanol–water partition coefficient (Wildman–Crippen LogP) is 15.6. The summed E-state index contributed by atoms with van der Waals surface area (Å²) in [5, 5.41) is 9.43. The van der Waals surface area contributed by atoms with Crippen molar-refractivity contribution in [2.75, 3.05) is 0 Å². The van der Waals surface area contributed by atoms with Crippen molar-refractivity contribution in [2.45, 2.75) is 0 Å². The van der Waals surface area contributed by atoms with Crippen molar-refractivity contribution < 1.29 is 0 Å². The lowest BCUT2D eigenvalue weighted by Gasteiger charge is -2.16. The van der Waals surface area contributed by atoms with Gasteiger partial charge >= 0.3 is 0 Å². The van der Waals surface area contributed by atoms with Crippen molar-refractivity contribution in [3.05, 3.63) is 224 Å². The highest BCUT2D eigenvalue weighted by atomic mass is 14.9. The van der Waals surface area contributed by atoms with E-state index in [1.54, 1.807) is 0 Å². The molecular formula is C59H37N3. The van der Waals surface area contributed by atoms with Gasteiger partial charge < -0.3 is 0 Å². The number of nitrogens with zero attached hydrogens (tertiary/aromatic N) is 3. The molecule has 0 fully saturated rings. The summed E-state index contributed by atoms with van der Waals surface area (Å²) < 4.78 is 0. The summed E-state index contributed by atoms with van der Waals surface area (Å²) in [6.45, 7) is 0. The van der Waals surface area contributed by atoms with E-state index in [1.165, 1.54) is 38.1 Å². The molecule has 0 aliphatic rings. The molecule has 288 valence electrons. The quantitative estimate of drug-likeness (QED) is 0.158. The van der Waals surface area contributed by atoms with Crippen LogP contribution in [-0.2, 0) is 0 Å². The van der Waals surface area contributed by atoms with Crippen LogP contribution in [0.2, 0.25) is 0 Å². The Labute approximate surface area is 359 Å². The Balaban J connectivity index is 0.964. The summed E-state index contributed by atoms with van der Waals surface area (Å²) in [5.74, 6) is 0.709. The molecule has 0 saturated carbocycles. The van der Waals surface area contributed by atoms with E-state index in [-0.39, 0.29) is 0 Å². The molecule has 0 bridgehead atoms. The first-order valence-electron chi connectivity index (χ1n) is 21.1. The molecule has 0 saturated heterocycles. The smallest absolute Gasteiger partial charge is 0.160 e. The summed E-state index contributed by atoms with van der Waals surface area (Å²) in [4.78, 5) is 15.7. The first-order chi connectivity index (χ1) is 30.7. The van der Waals surface area contributed by atoms with E-state index in [0.717, 1.165) is 77.5 Å². The molecule has 2 heterocycles. The zero-order valence-electron chi connectivity index (χ0n) is 33.7. The fourth-order valence-corrected chi connectivity index (χ4v) is 9.19. The molecule has 0 N–H and O–H groups in total. The number of benzene rings is 10. The standard InChI is InChI=1S/C59H37N3/c1-2-14-38(15-3-1)44-19-13-21-47(36-44)59-61-55-27-11-9-25-51(55)57(62-59)45-20-12-18-43(34-45)40-28-31-41(32-29-40)52-37-53-56(49-23-7-6-22-48(49)52)50-24-8-10-26-54(50)60-58(53)46-33-30-39-16-4-5-17-42(39)35-46/h1-37H. The third-order valence-electron chi connectivity index (χ3n) is 12.2. The summed E-state index contributed by atoms with van der Waals surface area (Å²) in [6, 6.07) is 80.0. The van der Waals surface area contributed by atoms with Crippen LogP contribution < -0.4 is 0 Å². The Hall–Kier alpha value is -8.27. The first kappa shape index (κ1) is 35.7. The number of hydrogen-bond donors (Lipinski definition) is 0. The Kier molecular flexibility index (Phi) is 8.50. The number of rotatable bonds is 6. The number of pyridine rings is 1. The van der Waals surface area contributed by atoms with E-state index in [9.17, 15) is 0 Å². The van der Waals surface area contributed by atoms with Gasteiger partial charge in [-0.05, 0) is 91.3 Å². The van der Waals surface area contributed by atoms with Crippen molar-refractivity contribution >= 4 is 54.1 Å². The minimum absolute atomic E-state index is 0.709. The van der Waals surface area contributed by atoms with Crippen molar-refractivity contribution in [2.24, 2.45) is 0 Å². The second-order valence-corrected chi connectivity index (χ2v) is 15.9. The number of fused-ring (bicyclic) bond motifs is 7. The zero-order chi connectivity index (χ0) is 41.0. The summed E-state index contributed by atoms with van der Waals surface area (Å²) >= 11 is 0. The molecular weight excluding hydrogens is 751 g/mol. The van der Waals surface area contributed by atoms with E-state index in [4.69, 9.17) is 15.0 Å². The van der Waals surface area contributed by atoms with Crippen LogP contribution >= 0.6 is 0 Å². The Morgan fingerprint density at radius 1 is 0.242 bits per heavy atom. The summed E-state index contributed by atoms with van der Waals surface area (Å²) in [6.07, 6.45) is 0. The number of aromatic nitrogens is 3. The average Bonchev–Trinajstić information content (AvgIpc) is 3.35. The number of hydrogen-bond acceptors (Lipinski definition) is 3. The molecule has 0 atom stereocenters. The SMILES string of the molecule is c1ccc(-c2cccc(-c3nc(-c4cccc(-c5ccc(-c6cc7c(-c8ccc9ccccc9c8)nc8ccccc8c7c7ccccc67)cc5)c4)c4ccccc4n3)c2)cc1. The maximum Gasteiger partial charge on any atom is 0.160 e. The van der Waals surface area contributed by atoms with Crippen molar-refractivity contribution in [1.29, 1.82) is 0 Å². The molecule has 12 rings (SSSR count). The van der Waals surface area contributed by atoms with Crippen molar-refractivity contribution in [3.63, 3.8) is 0 Å². The maximum absolute atomic E-state index is 5.36. The third kappa shape index (κ3) is 6.18. The van der Waals surface area contributed by atoms with Gasteiger partial charge in [-0.25, -0.2) is 15.0 Å². The van der Waals surface area contributed by atoms with Gasteiger partial charge in [-0.2, -0.15) is 0 Å². The van der Waals surface area contributed by atoms with Gasteiger partial charge in [-0.15, -0.1) is 0 Å². The summed E-state index contributed by atoms with van der Waals surface area (Å²) in [7, 11) is 0. The van der Waals surface area contributed by atoms with Crippen LogP contribution in [0.3, 0.4) is 0 Å². The van der Waals surface area contributed by atoms with Gasteiger partial charge in [0.15, 0.2) is 5.82 Å². The molecule has 0 unspecified atom stereocenters. The molecule has 10 aromatic carbocycles. The van der Waals surface area contributed by atoms with Gasteiger partial charge in [0, 0.05) is 38.2 Å². The molecule has 3 nitrogen and oxygen atoms in total. The zero-order valence-corrected chi connectivity index (χ0v) is 33.7. The average molecular weight is 788 g/mol. The second kappa shape index (κ2) is 14.8. The fraction of sp³-hybridized carbons (Fsp3) is 0. The van der Waals surface area contributed by atoms with Crippen LogP contribution in [0.15, 0.2) is 224 Å². The second-order valence-electron chi connectivity index (χ2n) is 15.9. The minimum Gasteiger partial charge on any atom is -0.247 e. The molecule has 12 aromatic rings. The van der Waals surface area contributed by atoms with Crippen molar-refractivity contribution in [3.8, 4) is 67.3 Å². The highest BCUT2D eigenvalue weighted by Crippen LogP contribution is 2.43. The van der Waals surface area contributed by atoms with Gasteiger partial charge in [0.05, 0.1) is 22.4 Å². The van der Waals surface area contributed by atoms with Gasteiger partial charge in [-0.1, -0.05) is 188 Å². The third-order valence-corrected chi connectivity index (χ3v) is 12.2. The molecule has 3 heteroatoms. The van der Waals surface area contributed by atoms with Crippen LogP contribution in [0.5, 0.6) is 0 Å². The Bertz CT molecular complexity index is 3690. The fourth-order valence-electron chi connectivity index (χ4n) is 9.19. The first-order valence-corrected chi connectivity index (χ1v) is 21.1. The lowest BCUT2D eigenvalue weighted by Crippen LogP contribution is -1.95. The highest BCUT2D eigenvalue weighted by Gasteiger charge is 2.18. The van der Waals surface area contributed by atoms with Gasteiger partial charge in [0.1, 0.15) is 0 Å². The normalized spacial score (nSPS) is 11.5. The van der Waals surface area contributed by atoms with E-state index in [1.807, 2.05) is 12.1 Å². The topological polar surface area (TPSA) is 38.7 Å². The number of para-hydroxylation sites is 2.